The molecule has 0 aliphatic carbocycles. The van der Waals surface area contributed by atoms with Gasteiger partial charge in [0.1, 0.15) is 0 Å². The van der Waals surface area contributed by atoms with Crippen LogP contribution in [-0.4, -0.2) is 72.8 Å². The van der Waals surface area contributed by atoms with Crippen LogP contribution in [0.2, 0.25) is 0 Å². The van der Waals surface area contributed by atoms with E-state index in [2.05, 4.69) is 16.7 Å². The van der Waals surface area contributed by atoms with Crippen molar-refractivity contribution in [1.82, 2.24) is 14.7 Å². The van der Waals surface area contributed by atoms with Crippen LogP contribution in [-0.2, 0) is 9.59 Å². The lowest BCUT2D eigenvalue weighted by Gasteiger charge is -2.36. The van der Waals surface area contributed by atoms with Crippen LogP contribution in [0.5, 0.6) is 0 Å². The smallest absolute Gasteiger partial charge is 0.228 e. The van der Waals surface area contributed by atoms with Crippen LogP contribution in [0, 0.1) is 5.92 Å². The lowest BCUT2D eigenvalue weighted by Crippen LogP contribution is -2.46. The minimum atomic E-state index is -0.112. The number of rotatable bonds is 6. The number of nitrogens with zero attached hydrogens (tertiary/aromatic N) is 3. The third kappa shape index (κ3) is 4.22. The fourth-order valence-corrected chi connectivity index (χ4v) is 3.68. The van der Waals surface area contributed by atoms with Gasteiger partial charge in [0.2, 0.25) is 11.8 Å². The fourth-order valence-electron chi connectivity index (χ4n) is 3.68. The van der Waals surface area contributed by atoms with Crippen molar-refractivity contribution in [1.29, 1.82) is 0 Å². The first kappa shape index (κ1) is 17.3. The van der Waals surface area contributed by atoms with Gasteiger partial charge in [0, 0.05) is 32.1 Å². The Morgan fingerprint density at radius 3 is 2.77 bits per heavy atom. The van der Waals surface area contributed by atoms with Crippen LogP contribution in [0.3, 0.4) is 0 Å². The van der Waals surface area contributed by atoms with Crippen LogP contribution >= 0.6 is 0 Å². The van der Waals surface area contributed by atoms with Crippen molar-refractivity contribution in [3.05, 3.63) is 0 Å². The first-order valence-electron chi connectivity index (χ1n) is 8.76. The fraction of sp³-hybridized carbons (Fsp3) is 0.882. The van der Waals surface area contributed by atoms with Crippen molar-refractivity contribution in [2.24, 2.45) is 5.92 Å². The number of carbonyl (C=O) groups excluding carboxylic acids is 2. The monoisotopic (exact) mass is 309 g/mol. The third-order valence-corrected chi connectivity index (χ3v) is 4.98. The first-order valence-corrected chi connectivity index (χ1v) is 8.76. The molecule has 2 amide bonds. The maximum absolute atomic E-state index is 12.8. The summed E-state index contributed by atoms with van der Waals surface area (Å²) in [5.74, 6) is 0.260. The van der Waals surface area contributed by atoms with Gasteiger partial charge in [0.05, 0.1) is 5.92 Å². The van der Waals surface area contributed by atoms with Gasteiger partial charge in [-0.05, 0) is 52.7 Å². The quantitative estimate of drug-likeness (QED) is 0.748. The molecule has 0 spiro atoms. The van der Waals surface area contributed by atoms with Crippen LogP contribution in [0.15, 0.2) is 0 Å². The molecule has 0 aromatic carbocycles. The molecule has 2 aliphatic rings. The van der Waals surface area contributed by atoms with Gasteiger partial charge >= 0.3 is 0 Å². The summed E-state index contributed by atoms with van der Waals surface area (Å²) >= 11 is 0. The van der Waals surface area contributed by atoms with Gasteiger partial charge in [-0.15, -0.1) is 0 Å². The second-order valence-electron chi connectivity index (χ2n) is 6.99. The first-order chi connectivity index (χ1) is 10.5. The van der Waals surface area contributed by atoms with Crippen molar-refractivity contribution >= 4 is 11.8 Å². The molecule has 2 saturated heterocycles. The molecule has 0 bridgehead atoms. The SMILES string of the molecule is CCC1CCCCN1C(=O)C1CC(=O)N(CCCN(C)C)C1. The zero-order valence-electron chi connectivity index (χ0n) is 14.4. The molecule has 0 radical (unpaired) electrons. The van der Waals surface area contributed by atoms with E-state index in [-0.39, 0.29) is 17.7 Å². The average molecular weight is 309 g/mol. The van der Waals surface area contributed by atoms with E-state index in [0.717, 1.165) is 45.3 Å². The van der Waals surface area contributed by atoms with Gasteiger partial charge in [-0.25, -0.2) is 0 Å². The molecule has 2 heterocycles. The number of likely N-dealkylation sites (tertiary alicyclic amines) is 2. The van der Waals surface area contributed by atoms with E-state index in [4.69, 9.17) is 0 Å². The van der Waals surface area contributed by atoms with Crippen LogP contribution in [0.25, 0.3) is 0 Å². The molecule has 2 unspecified atom stereocenters. The van der Waals surface area contributed by atoms with Gasteiger partial charge in [-0.3, -0.25) is 9.59 Å². The Morgan fingerprint density at radius 2 is 2.09 bits per heavy atom. The molecule has 2 aliphatic heterocycles. The van der Waals surface area contributed by atoms with E-state index in [9.17, 15) is 9.59 Å². The maximum atomic E-state index is 12.8. The van der Waals surface area contributed by atoms with E-state index in [1.165, 1.54) is 6.42 Å². The van der Waals surface area contributed by atoms with E-state index >= 15 is 0 Å². The number of piperidine rings is 1. The molecule has 2 atom stereocenters. The van der Waals surface area contributed by atoms with Gasteiger partial charge in [-0.2, -0.15) is 0 Å². The molecule has 5 nitrogen and oxygen atoms in total. The molecular weight excluding hydrogens is 278 g/mol. The summed E-state index contributed by atoms with van der Waals surface area (Å²) < 4.78 is 0. The molecule has 5 heteroatoms. The van der Waals surface area contributed by atoms with Gasteiger partial charge in [0.25, 0.3) is 0 Å². The number of hydrogen-bond acceptors (Lipinski definition) is 3. The summed E-state index contributed by atoms with van der Waals surface area (Å²) in [6.45, 7) is 5.41. The summed E-state index contributed by atoms with van der Waals surface area (Å²) in [4.78, 5) is 31.0. The Bertz CT molecular complexity index is 397. The second-order valence-corrected chi connectivity index (χ2v) is 6.99. The van der Waals surface area contributed by atoms with Crippen molar-refractivity contribution in [2.75, 3.05) is 40.3 Å². The van der Waals surface area contributed by atoms with Crippen LogP contribution < -0.4 is 0 Å². The highest BCUT2D eigenvalue weighted by molar-refractivity contribution is 5.89. The predicted octanol–water partition coefficient (Wildman–Crippen LogP) is 1.58. The maximum Gasteiger partial charge on any atom is 0.228 e. The highest BCUT2D eigenvalue weighted by Gasteiger charge is 2.38. The van der Waals surface area contributed by atoms with Gasteiger partial charge in [0.15, 0.2) is 0 Å². The molecule has 126 valence electrons. The largest absolute Gasteiger partial charge is 0.342 e. The third-order valence-electron chi connectivity index (χ3n) is 4.98. The molecule has 0 N–H and O–H groups in total. The molecular formula is C17H31N3O2. The van der Waals surface area contributed by atoms with E-state index in [1.54, 1.807) is 0 Å². The zero-order chi connectivity index (χ0) is 16.1. The minimum Gasteiger partial charge on any atom is -0.342 e. The summed E-state index contributed by atoms with van der Waals surface area (Å²) in [6, 6.07) is 0.388. The summed E-state index contributed by atoms with van der Waals surface area (Å²) in [5, 5.41) is 0. The van der Waals surface area contributed by atoms with Crippen LogP contribution in [0.1, 0.15) is 45.4 Å². The van der Waals surface area contributed by atoms with Crippen molar-refractivity contribution < 1.29 is 9.59 Å². The zero-order valence-corrected chi connectivity index (χ0v) is 14.4. The van der Waals surface area contributed by atoms with E-state index in [1.807, 2.05) is 19.0 Å². The lowest BCUT2D eigenvalue weighted by atomic mass is 9.97. The van der Waals surface area contributed by atoms with Gasteiger partial charge < -0.3 is 14.7 Å². The average Bonchev–Trinajstić information content (AvgIpc) is 2.87. The molecule has 2 rings (SSSR count). The summed E-state index contributed by atoms with van der Waals surface area (Å²) in [5.41, 5.74) is 0. The highest BCUT2D eigenvalue weighted by Crippen LogP contribution is 2.26. The van der Waals surface area contributed by atoms with Crippen molar-refractivity contribution in [3.63, 3.8) is 0 Å². The van der Waals surface area contributed by atoms with Crippen LogP contribution in [0.4, 0.5) is 0 Å². The normalized spacial score (nSPS) is 26.1. The number of hydrogen-bond donors (Lipinski definition) is 0. The van der Waals surface area contributed by atoms with E-state index < -0.39 is 0 Å². The molecule has 0 aromatic heterocycles. The molecule has 0 aromatic rings. The lowest BCUT2D eigenvalue weighted by molar-refractivity contribution is -0.139. The second kappa shape index (κ2) is 7.95. The predicted molar refractivity (Wildman–Crippen MR) is 87.5 cm³/mol. The Labute approximate surface area is 134 Å². The number of carbonyl (C=O) groups is 2. The van der Waals surface area contributed by atoms with E-state index in [0.29, 0.717) is 19.0 Å². The highest BCUT2D eigenvalue weighted by atomic mass is 16.2. The summed E-state index contributed by atoms with van der Waals surface area (Å²) in [6.07, 6.45) is 5.86. The summed E-state index contributed by atoms with van der Waals surface area (Å²) in [7, 11) is 4.08. The Morgan fingerprint density at radius 1 is 1.32 bits per heavy atom. The molecule has 2 fully saturated rings. The van der Waals surface area contributed by atoms with Gasteiger partial charge in [-0.1, -0.05) is 6.92 Å². The Hall–Kier alpha value is -1.10. The standard InChI is InChI=1S/C17H31N3O2/c1-4-15-8-5-6-11-20(15)17(22)14-12-16(21)19(13-14)10-7-9-18(2)3/h14-15H,4-13H2,1-3H3. The Kier molecular flexibility index (Phi) is 6.24. The molecule has 0 saturated carbocycles. The van der Waals surface area contributed by atoms with Crippen molar-refractivity contribution in [3.8, 4) is 0 Å². The minimum absolute atomic E-state index is 0.112. The topological polar surface area (TPSA) is 43.9 Å². The van der Waals surface area contributed by atoms with Crippen molar-refractivity contribution in [2.45, 2.75) is 51.5 Å². The Balaban J connectivity index is 1.87. The number of amides is 2. The molecule has 22 heavy (non-hydrogen) atoms.